The molecule has 1 amide bonds. The lowest BCUT2D eigenvalue weighted by molar-refractivity contribution is -0.131. The molecule has 1 saturated heterocycles. The number of rotatable bonds is 3. The van der Waals surface area contributed by atoms with Gasteiger partial charge in [-0.1, -0.05) is 19.1 Å². The van der Waals surface area contributed by atoms with Crippen LogP contribution >= 0.6 is 0 Å². The highest BCUT2D eigenvalue weighted by atomic mass is 16.2. The van der Waals surface area contributed by atoms with Gasteiger partial charge in [-0.3, -0.25) is 19.5 Å². The van der Waals surface area contributed by atoms with Gasteiger partial charge in [0, 0.05) is 42.1 Å². The van der Waals surface area contributed by atoms with E-state index in [9.17, 15) is 4.79 Å². The van der Waals surface area contributed by atoms with Gasteiger partial charge in [-0.25, -0.2) is 5.43 Å². The lowest BCUT2D eigenvalue weighted by atomic mass is 9.91. The molecule has 4 heterocycles. The topological polar surface area (TPSA) is 75.1 Å². The molecule has 0 aliphatic carbocycles. The molecule has 2 aliphatic heterocycles. The van der Waals surface area contributed by atoms with Crippen molar-refractivity contribution < 1.29 is 4.79 Å². The summed E-state index contributed by atoms with van der Waals surface area (Å²) in [5.74, 6) is 0.0305. The van der Waals surface area contributed by atoms with E-state index < -0.39 is 0 Å². The molecule has 2 N–H and O–H groups in total. The number of carbonyl (C=O) groups excluding carboxylic acids is 1. The number of pyridine rings is 1. The Morgan fingerprint density at radius 3 is 2.89 bits per heavy atom. The molecule has 28 heavy (non-hydrogen) atoms. The predicted molar refractivity (Wildman–Crippen MR) is 107 cm³/mol. The van der Waals surface area contributed by atoms with Crippen LogP contribution in [0, 0.1) is 0 Å². The van der Waals surface area contributed by atoms with E-state index in [4.69, 9.17) is 0 Å². The van der Waals surface area contributed by atoms with Crippen LogP contribution in [0.1, 0.15) is 30.5 Å². The van der Waals surface area contributed by atoms with Crippen molar-refractivity contribution in [3.63, 3.8) is 0 Å². The van der Waals surface area contributed by atoms with Crippen LogP contribution in [0.4, 0.5) is 0 Å². The molecule has 3 unspecified atom stereocenters. The fourth-order valence-electron chi connectivity index (χ4n) is 4.25. The molecule has 5 rings (SSSR count). The van der Waals surface area contributed by atoms with Crippen molar-refractivity contribution in [3.8, 4) is 0 Å². The number of hydrazine groups is 1. The van der Waals surface area contributed by atoms with Crippen molar-refractivity contribution in [2.45, 2.75) is 31.5 Å². The van der Waals surface area contributed by atoms with Crippen molar-refractivity contribution in [1.29, 1.82) is 0 Å². The minimum Gasteiger partial charge on any atom is -0.363 e. The number of aryl methyl sites for hydroxylation is 1. The zero-order valence-electron chi connectivity index (χ0n) is 15.8. The third-order valence-electron chi connectivity index (χ3n) is 5.69. The van der Waals surface area contributed by atoms with Gasteiger partial charge >= 0.3 is 0 Å². The second-order valence-corrected chi connectivity index (χ2v) is 7.32. The monoisotopic (exact) mass is 374 g/mol. The molecule has 3 aromatic rings. The first-order valence-electron chi connectivity index (χ1n) is 9.56. The van der Waals surface area contributed by atoms with E-state index in [2.05, 4.69) is 33.8 Å². The minimum atomic E-state index is -0.183. The van der Waals surface area contributed by atoms with Gasteiger partial charge in [0.15, 0.2) is 0 Å². The summed E-state index contributed by atoms with van der Waals surface area (Å²) in [5.41, 5.74) is 7.23. The van der Waals surface area contributed by atoms with Crippen LogP contribution in [-0.2, 0) is 11.8 Å². The van der Waals surface area contributed by atoms with E-state index in [1.165, 1.54) is 0 Å². The summed E-state index contributed by atoms with van der Waals surface area (Å²) >= 11 is 0. The second kappa shape index (κ2) is 6.45. The van der Waals surface area contributed by atoms with Gasteiger partial charge in [-0.15, -0.1) is 0 Å². The molecule has 0 spiro atoms. The molecule has 2 aliphatic rings. The molecule has 7 heteroatoms. The summed E-state index contributed by atoms with van der Waals surface area (Å²) in [7, 11) is 1.92. The van der Waals surface area contributed by atoms with Crippen molar-refractivity contribution in [1.82, 2.24) is 30.5 Å². The first-order valence-corrected chi connectivity index (χ1v) is 9.56. The van der Waals surface area contributed by atoms with E-state index in [1.54, 1.807) is 11.1 Å². The van der Waals surface area contributed by atoms with Gasteiger partial charge in [0.1, 0.15) is 6.17 Å². The molecular formula is C21H22N6O. The second-order valence-electron chi connectivity index (χ2n) is 7.32. The normalized spacial score (nSPS) is 24.2. The Morgan fingerprint density at radius 1 is 1.21 bits per heavy atom. The fraction of sp³-hybridized carbons (Fsp3) is 0.286. The smallest absolute Gasteiger partial charge is 0.264 e. The van der Waals surface area contributed by atoms with Gasteiger partial charge in [-0.05, 0) is 36.2 Å². The molecule has 142 valence electrons. The van der Waals surface area contributed by atoms with Crippen LogP contribution in [0.25, 0.3) is 16.6 Å². The summed E-state index contributed by atoms with van der Waals surface area (Å²) in [6, 6.07) is 12.2. The van der Waals surface area contributed by atoms with Gasteiger partial charge in [0.2, 0.25) is 0 Å². The molecule has 0 saturated carbocycles. The van der Waals surface area contributed by atoms with E-state index >= 15 is 0 Å². The highest BCUT2D eigenvalue weighted by Crippen LogP contribution is 2.35. The van der Waals surface area contributed by atoms with E-state index in [-0.39, 0.29) is 24.0 Å². The molecule has 7 nitrogen and oxygen atoms in total. The predicted octanol–water partition coefficient (Wildman–Crippen LogP) is 2.15. The minimum absolute atomic E-state index is 0.0399. The number of nitrogens with zero attached hydrogens (tertiary/aromatic N) is 4. The summed E-state index contributed by atoms with van der Waals surface area (Å²) in [4.78, 5) is 17.4. The average molecular weight is 374 g/mol. The Kier molecular flexibility index (Phi) is 3.91. The Morgan fingerprint density at radius 2 is 2.11 bits per heavy atom. The van der Waals surface area contributed by atoms with Crippen LogP contribution in [0.15, 0.2) is 54.9 Å². The van der Waals surface area contributed by atoms with Crippen molar-refractivity contribution >= 4 is 22.5 Å². The Hall–Kier alpha value is -3.19. The maximum atomic E-state index is 12.9. The summed E-state index contributed by atoms with van der Waals surface area (Å²) < 4.78 is 1.85. The molecule has 3 atom stereocenters. The summed E-state index contributed by atoms with van der Waals surface area (Å²) in [6.07, 6.45) is 6.03. The molecule has 0 radical (unpaired) electrons. The zero-order chi connectivity index (χ0) is 19.3. The van der Waals surface area contributed by atoms with Crippen LogP contribution < -0.4 is 10.7 Å². The van der Waals surface area contributed by atoms with Crippen LogP contribution in [0.3, 0.4) is 0 Å². The standard InChI is InChI=1S/C21H22N6O/c1-3-15-20(16-6-4-5-9-22-16)21-24-17(11-19(28)27(21)25-15)13-7-8-18-14(10-13)12-23-26(18)2/h4-12,15,20-21,24-25H,3H2,1-2H3. The van der Waals surface area contributed by atoms with Crippen molar-refractivity contribution in [2.75, 3.05) is 0 Å². The van der Waals surface area contributed by atoms with Gasteiger partial charge in [0.25, 0.3) is 5.91 Å². The number of benzene rings is 1. The average Bonchev–Trinajstić information content (AvgIpc) is 3.29. The number of nitrogens with one attached hydrogen (secondary N) is 2. The van der Waals surface area contributed by atoms with Crippen molar-refractivity contribution in [3.05, 3.63) is 66.1 Å². The van der Waals surface area contributed by atoms with E-state index in [0.717, 1.165) is 34.3 Å². The highest BCUT2D eigenvalue weighted by Gasteiger charge is 2.46. The fourth-order valence-corrected chi connectivity index (χ4v) is 4.25. The Balaban J connectivity index is 1.53. The third kappa shape index (κ3) is 2.58. The number of hydrogen-bond acceptors (Lipinski definition) is 5. The van der Waals surface area contributed by atoms with Gasteiger partial charge in [0.05, 0.1) is 17.6 Å². The number of carbonyl (C=O) groups is 1. The Labute approximate surface area is 163 Å². The SMILES string of the molecule is CCC1NN2C(=O)C=C(c3ccc4c(cnn4C)c3)NC2C1c1ccccn1. The van der Waals surface area contributed by atoms with Gasteiger partial charge in [-0.2, -0.15) is 5.10 Å². The van der Waals surface area contributed by atoms with Gasteiger partial charge < -0.3 is 5.32 Å². The summed E-state index contributed by atoms with van der Waals surface area (Å²) in [5, 5.41) is 10.6. The number of fused-ring (bicyclic) bond motifs is 2. The highest BCUT2D eigenvalue weighted by molar-refractivity contribution is 5.97. The largest absolute Gasteiger partial charge is 0.363 e. The number of hydrogen-bond donors (Lipinski definition) is 2. The summed E-state index contributed by atoms with van der Waals surface area (Å²) in [6.45, 7) is 2.13. The molecule has 0 bridgehead atoms. The number of amides is 1. The molecular weight excluding hydrogens is 352 g/mol. The molecule has 1 aromatic carbocycles. The lowest BCUT2D eigenvalue weighted by Crippen LogP contribution is -2.52. The number of aromatic nitrogens is 3. The van der Waals surface area contributed by atoms with E-state index in [0.29, 0.717) is 0 Å². The first kappa shape index (κ1) is 16.9. The first-order chi connectivity index (χ1) is 13.7. The van der Waals surface area contributed by atoms with E-state index in [1.807, 2.05) is 54.5 Å². The van der Waals surface area contributed by atoms with Crippen LogP contribution in [0.5, 0.6) is 0 Å². The third-order valence-corrected chi connectivity index (χ3v) is 5.69. The quantitative estimate of drug-likeness (QED) is 0.735. The molecule has 1 fully saturated rings. The van der Waals surface area contributed by atoms with Crippen molar-refractivity contribution in [2.24, 2.45) is 7.05 Å². The maximum absolute atomic E-state index is 12.9. The molecule has 2 aromatic heterocycles. The lowest BCUT2D eigenvalue weighted by Gasteiger charge is -2.33. The maximum Gasteiger partial charge on any atom is 0.264 e. The van der Waals surface area contributed by atoms with Crippen LogP contribution in [0.2, 0.25) is 0 Å². The zero-order valence-corrected chi connectivity index (χ0v) is 15.8. The Bertz CT molecular complexity index is 1070. The van der Waals surface area contributed by atoms with Crippen LogP contribution in [-0.4, -0.2) is 37.9 Å².